The van der Waals surface area contributed by atoms with Crippen molar-refractivity contribution in [3.63, 3.8) is 0 Å². The van der Waals surface area contributed by atoms with Crippen LogP contribution in [0.5, 0.6) is 11.5 Å². The number of nitrogens with one attached hydrogen (secondary N) is 1. The number of sulfonamides is 1. The Hall–Kier alpha value is -2.17. The van der Waals surface area contributed by atoms with Gasteiger partial charge in [0.1, 0.15) is 6.04 Å². The van der Waals surface area contributed by atoms with E-state index in [0.717, 1.165) is 5.69 Å². The van der Waals surface area contributed by atoms with E-state index in [4.69, 9.17) is 9.47 Å². The number of hydrogen-bond donors (Lipinski definition) is 1. The van der Waals surface area contributed by atoms with Crippen LogP contribution >= 0.6 is 11.3 Å². The van der Waals surface area contributed by atoms with Gasteiger partial charge < -0.3 is 14.8 Å². The Morgan fingerprint density at radius 2 is 2.04 bits per heavy atom. The Morgan fingerprint density at radius 3 is 2.67 bits per heavy atom. The molecule has 1 atom stereocenters. The van der Waals surface area contributed by atoms with Crippen LogP contribution in [-0.4, -0.2) is 50.4 Å². The third kappa shape index (κ3) is 3.92. The molecule has 1 aromatic carbocycles. The fourth-order valence-corrected chi connectivity index (χ4v) is 5.37. The highest BCUT2D eigenvalue weighted by atomic mass is 32.2. The standard InChI is InChI=1S/C17H21N3O5S2/c1-11-10-26-17(18-11)19-16(21)13-5-4-8-20(13)27(22,23)12-6-7-14(24-2)15(9-12)25-3/h6-7,9-10,13H,4-5,8H2,1-3H3,(H,18,19,21). The van der Waals surface area contributed by atoms with Crippen LogP contribution < -0.4 is 14.8 Å². The summed E-state index contributed by atoms with van der Waals surface area (Å²) in [6.45, 7) is 2.11. The summed E-state index contributed by atoms with van der Waals surface area (Å²) in [5.41, 5.74) is 0.802. The maximum Gasteiger partial charge on any atom is 0.244 e. The summed E-state index contributed by atoms with van der Waals surface area (Å²) in [6, 6.07) is 3.63. The number of hydrogen-bond acceptors (Lipinski definition) is 7. The van der Waals surface area contributed by atoms with E-state index >= 15 is 0 Å². The number of aryl methyl sites for hydroxylation is 1. The number of anilines is 1. The monoisotopic (exact) mass is 411 g/mol. The molecule has 8 nitrogen and oxygen atoms in total. The predicted molar refractivity (Wildman–Crippen MR) is 102 cm³/mol. The van der Waals surface area contributed by atoms with Gasteiger partial charge in [0.25, 0.3) is 0 Å². The van der Waals surface area contributed by atoms with E-state index in [2.05, 4.69) is 10.3 Å². The molecule has 10 heteroatoms. The Balaban J connectivity index is 1.85. The van der Waals surface area contributed by atoms with E-state index in [1.807, 2.05) is 12.3 Å². The summed E-state index contributed by atoms with van der Waals surface area (Å²) in [7, 11) is -0.937. The van der Waals surface area contributed by atoms with Crippen molar-refractivity contribution in [2.75, 3.05) is 26.1 Å². The number of methoxy groups -OCH3 is 2. The normalized spacial score (nSPS) is 17.7. The van der Waals surface area contributed by atoms with Crippen LogP contribution in [0.2, 0.25) is 0 Å². The van der Waals surface area contributed by atoms with Gasteiger partial charge >= 0.3 is 0 Å². The molecule has 1 unspecified atom stereocenters. The molecule has 1 aromatic heterocycles. The average molecular weight is 412 g/mol. The Kier molecular flexibility index (Phi) is 5.68. The number of thiazole rings is 1. The number of nitrogens with zero attached hydrogens (tertiary/aromatic N) is 2. The zero-order valence-corrected chi connectivity index (χ0v) is 16.9. The lowest BCUT2D eigenvalue weighted by Gasteiger charge is -2.23. The van der Waals surface area contributed by atoms with Crippen LogP contribution in [-0.2, 0) is 14.8 Å². The minimum Gasteiger partial charge on any atom is -0.493 e. The van der Waals surface area contributed by atoms with Gasteiger partial charge in [0.2, 0.25) is 15.9 Å². The predicted octanol–water partition coefficient (Wildman–Crippen LogP) is 2.26. The Morgan fingerprint density at radius 1 is 1.30 bits per heavy atom. The molecule has 1 aliphatic heterocycles. The van der Waals surface area contributed by atoms with Gasteiger partial charge in [-0.25, -0.2) is 13.4 Å². The minimum absolute atomic E-state index is 0.0601. The number of ether oxygens (including phenoxy) is 2. The average Bonchev–Trinajstić information content (AvgIpc) is 3.30. The molecule has 2 heterocycles. The molecule has 1 fully saturated rings. The second-order valence-electron chi connectivity index (χ2n) is 6.07. The molecule has 146 valence electrons. The Labute approximate surface area is 162 Å². The summed E-state index contributed by atoms with van der Waals surface area (Å²) in [4.78, 5) is 16.9. The van der Waals surface area contributed by atoms with Gasteiger partial charge in [-0.05, 0) is 31.9 Å². The van der Waals surface area contributed by atoms with Crippen molar-refractivity contribution in [3.05, 3.63) is 29.3 Å². The maximum atomic E-state index is 13.1. The first-order valence-corrected chi connectivity index (χ1v) is 10.7. The second kappa shape index (κ2) is 7.83. The maximum absolute atomic E-state index is 13.1. The van der Waals surface area contributed by atoms with Crippen LogP contribution in [0.4, 0.5) is 5.13 Å². The minimum atomic E-state index is -3.86. The molecule has 1 N–H and O–H groups in total. The molecule has 0 aliphatic carbocycles. The molecule has 1 aliphatic rings. The lowest BCUT2D eigenvalue weighted by atomic mass is 10.2. The number of aromatic nitrogens is 1. The van der Waals surface area contributed by atoms with Crippen molar-refractivity contribution >= 4 is 32.4 Å². The van der Waals surface area contributed by atoms with Crippen LogP contribution in [0.15, 0.2) is 28.5 Å². The number of rotatable bonds is 6. The molecule has 1 saturated heterocycles. The van der Waals surface area contributed by atoms with Gasteiger partial charge in [-0.2, -0.15) is 4.31 Å². The smallest absolute Gasteiger partial charge is 0.244 e. The third-order valence-electron chi connectivity index (χ3n) is 4.32. The van der Waals surface area contributed by atoms with Gasteiger partial charge in [0.15, 0.2) is 16.6 Å². The van der Waals surface area contributed by atoms with Crippen LogP contribution in [0.1, 0.15) is 18.5 Å². The highest BCUT2D eigenvalue weighted by molar-refractivity contribution is 7.89. The molecule has 0 spiro atoms. The van der Waals surface area contributed by atoms with E-state index in [0.29, 0.717) is 29.5 Å². The summed E-state index contributed by atoms with van der Waals surface area (Å²) in [5, 5.41) is 5.00. The van der Waals surface area contributed by atoms with E-state index in [-0.39, 0.29) is 17.3 Å². The number of benzene rings is 1. The van der Waals surface area contributed by atoms with Crippen molar-refractivity contribution < 1.29 is 22.7 Å². The van der Waals surface area contributed by atoms with Crippen molar-refractivity contribution in [1.29, 1.82) is 0 Å². The van der Waals surface area contributed by atoms with Crippen molar-refractivity contribution in [3.8, 4) is 11.5 Å². The SMILES string of the molecule is COc1ccc(S(=O)(=O)N2CCCC2C(=O)Nc2nc(C)cs2)cc1OC. The fraction of sp³-hybridized carbons (Fsp3) is 0.412. The first kappa shape index (κ1) is 19.6. The molecule has 3 rings (SSSR count). The molecule has 1 amide bonds. The van der Waals surface area contributed by atoms with Crippen LogP contribution in [0.3, 0.4) is 0 Å². The van der Waals surface area contributed by atoms with E-state index in [9.17, 15) is 13.2 Å². The van der Waals surface area contributed by atoms with Crippen molar-refractivity contribution in [1.82, 2.24) is 9.29 Å². The number of carbonyl (C=O) groups excluding carboxylic acids is 1. The fourth-order valence-electron chi connectivity index (χ4n) is 3.00. The lowest BCUT2D eigenvalue weighted by molar-refractivity contribution is -0.119. The van der Waals surface area contributed by atoms with Gasteiger partial charge in [0, 0.05) is 18.0 Å². The van der Waals surface area contributed by atoms with Gasteiger partial charge in [0.05, 0.1) is 24.8 Å². The summed E-state index contributed by atoms with van der Waals surface area (Å²) in [6.07, 6.45) is 1.07. The van der Waals surface area contributed by atoms with E-state index in [1.54, 1.807) is 0 Å². The summed E-state index contributed by atoms with van der Waals surface area (Å²) >= 11 is 1.31. The molecule has 27 heavy (non-hydrogen) atoms. The van der Waals surface area contributed by atoms with Crippen molar-refractivity contribution in [2.24, 2.45) is 0 Å². The van der Waals surface area contributed by atoms with Gasteiger partial charge in [-0.15, -0.1) is 11.3 Å². The zero-order valence-electron chi connectivity index (χ0n) is 15.3. The largest absolute Gasteiger partial charge is 0.493 e. The number of carbonyl (C=O) groups is 1. The molecular formula is C17H21N3O5S2. The van der Waals surface area contributed by atoms with Crippen molar-refractivity contribution in [2.45, 2.75) is 30.7 Å². The highest BCUT2D eigenvalue weighted by Crippen LogP contribution is 2.33. The van der Waals surface area contributed by atoms with Gasteiger partial charge in [-0.1, -0.05) is 0 Å². The van der Waals surface area contributed by atoms with E-state index in [1.165, 1.54) is 48.1 Å². The molecule has 0 bridgehead atoms. The first-order chi connectivity index (χ1) is 12.9. The first-order valence-electron chi connectivity index (χ1n) is 8.33. The molecule has 0 saturated carbocycles. The topological polar surface area (TPSA) is 97.8 Å². The Bertz CT molecular complexity index is 942. The molecular weight excluding hydrogens is 390 g/mol. The zero-order chi connectivity index (χ0) is 19.6. The second-order valence-corrected chi connectivity index (χ2v) is 8.82. The molecule has 0 radical (unpaired) electrons. The quantitative estimate of drug-likeness (QED) is 0.783. The summed E-state index contributed by atoms with van der Waals surface area (Å²) in [5.74, 6) is 0.384. The third-order valence-corrected chi connectivity index (χ3v) is 7.10. The van der Waals surface area contributed by atoms with Crippen LogP contribution in [0.25, 0.3) is 0 Å². The highest BCUT2D eigenvalue weighted by Gasteiger charge is 2.40. The lowest BCUT2D eigenvalue weighted by Crippen LogP contribution is -2.43. The van der Waals surface area contributed by atoms with Gasteiger partial charge in [-0.3, -0.25) is 4.79 Å². The molecule has 2 aromatic rings. The van der Waals surface area contributed by atoms with E-state index < -0.39 is 16.1 Å². The summed E-state index contributed by atoms with van der Waals surface area (Å²) < 4.78 is 37.8. The van der Waals surface area contributed by atoms with Crippen LogP contribution in [0, 0.1) is 6.92 Å². The number of amides is 1.